The lowest BCUT2D eigenvalue weighted by Crippen LogP contribution is -1.98. The molecule has 0 fully saturated rings. The van der Waals surface area contributed by atoms with Crippen LogP contribution in [0.1, 0.15) is 5.56 Å². The van der Waals surface area contributed by atoms with Crippen LogP contribution in [0.4, 0.5) is 5.69 Å². The van der Waals surface area contributed by atoms with Gasteiger partial charge in [0.15, 0.2) is 0 Å². The van der Waals surface area contributed by atoms with Gasteiger partial charge in [0, 0.05) is 15.5 Å². The van der Waals surface area contributed by atoms with E-state index in [4.69, 9.17) is 11.5 Å². The van der Waals surface area contributed by atoms with Crippen molar-refractivity contribution in [3.63, 3.8) is 0 Å². The summed E-state index contributed by atoms with van der Waals surface area (Å²) in [7, 11) is 0. The van der Waals surface area contributed by atoms with E-state index in [9.17, 15) is 0 Å². The van der Waals surface area contributed by atoms with Gasteiger partial charge in [-0.25, -0.2) is 0 Å². The SMILES string of the molecule is NCc1cc(Br)c(N)c(Br)c1. The van der Waals surface area contributed by atoms with Gasteiger partial charge in [-0.2, -0.15) is 0 Å². The van der Waals surface area contributed by atoms with Gasteiger partial charge < -0.3 is 11.5 Å². The molecule has 4 N–H and O–H groups in total. The lowest BCUT2D eigenvalue weighted by Gasteiger charge is -2.03. The Morgan fingerprint density at radius 3 is 2.00 bits per heavy atom. The highest BCUT2D eigenvalue weighted by atomic mass is 79.9. The molecule has 0 aromatic heterocycles. The Morgan fingerprint density at radius 1 is 1.18 bits per heavy atom. The summed E-state index contributed by atoms with van der Waals surface area (Å²) in [5.41, 5.74) is 12.9. The molecule has 1 rings (SSSR count). The standard InChI is InChI=1S/C7H8Br2N2/c8-5-1-4(3-10)2-6(9)7(5)11/h1-2H,3,10-11H2. The molecule has 0 radical (unpaired) electrons. The van der Waals surface area contributed by atoms with Crippen LogP contribution in [0.2, 0.25) is 0 Å². The lowest BCUT2D eigenvalue weighted by atomic mass is 10.2. The summed E-state index contributed by atoms with van der Waals surface area (Å²) < 4.78 is 1.76. The fourth-order valence-electron chi connectivity index (χ4n) is 0.755. The smallest absolute Gasteiger partial charge is 0.0603 e. The van der Waals surface area contributed by atoms with Crippen LogP contribution in [0.15, 0.2) is 21.1 Å². The maximum atomic E-state index is 5.67. The zero-order valence-electron chi connectivity index (χ0n) is 5.77. The third-order valence-electron chi connectivity index (χ3n) is 1.37. The van der Waals surface area contributed by atoms with Crippen molar-refractivity contribution in [2.24, 2.45) is 5.73 Å². The fourth-order valence-corrected chi connectivity index (χ4v) is 2.04. The molecule has 1 aromatic rings. The zero-order valence-corrected chi connectivity index (χ0v) is 8.94. The molecule has 0 aliphatic rings. The number of anilines is 1. The number of hydrogen-bond donors (Lipinski definition) is 2. The number of nitrogens with two attached hydrogens (primary N) is 2. The summed E-state index contributed by atoms with van der Waals surface area (Å²) >= 11 is 6.65. The minimum atomic E-state index is 0.525. The molecule has 0 saturated heterocycles. The van der Waals surface area contributed by atoms with Gasteiger partial charge >= 0.3 is 0 Å². The number of benzene rings is 1. The second-order valence-corrected chi connectivity index (χ2v) is 3.89. The summed E-state index contributed by atoms with van der Waals surface area (Å²) in [6, 6.07) is 3.83. The quantitative estimate of drug-likeness (QED) is 0.775. The van der Waals surface area contributed by atoms with Crippen molar-refractivity contribution in [3.05, 3.63) is 26.6 Å². The lowest BCUT2D eigenvalue weighted by molar-refractivity contribution is 1.07. The van der Waals surface area contributed by atoms with Gasteiger partial charge in [-0.1, -0.05) is 0 Å². The predicted molar refractivity (Wildman–Crippen MR) is 54.1 cm³/mol. The van der Waals surface area contributed by atoms with Crippen LogP contribution in [0.5, 0.6) is 0 Å². The Hall–Kier alpha value is -0.0600. The summed E-state index contributed by atoms with van der Waals surface area (Å²) in [6.07, 6.45) is 0. The number of rotatable bonds is 1. The van der Waals surface area contributed by atoms with Crippen LogP contribution >= 0.6 is 31.9 Å². The normalized spacial score (nSPS) is 10.1. The first-order chi connectivity index (χ1) is 5.15. The third-order valence-corrected chi connectivity index (χ3v) is 2.69. The third kappa shape index (κ3) is 1.95. The molecule has 11 heavy (non-hydrogen) atoms. The largest absolute Gasteiger partial charge is 0.397 e. The highest BCUT2D eigenvalue weighted by molar-refractivity contribution is 9.11. The van der Waals surface area contributed by atoms with Crippen molar-refractivity contribution in [1.82, 2.24) is 0 Å². The summed E-state index contributed by atoms with van der Waals surface area (Å²) in [5, 5.41) is 0. The molecule has 0 aliphatic carbocycles. The summed E-state index contributed by atoms with van der Waals surface area (Å²) in [4.78, 5) is 0. The number of halogens is 2. The Labute approximate surface area is 82.2 Å². The molecule has 0 unspecified atom stereocenters. The summed E-state index contributed by atoms with van der Waals surface area (Å²) in [5.74, 6) is 0. The maximum absolute atomic E-state index is 5.67. The van der Waals surface area contributed by atoms with E-state index >= 15 is 0 Å². The highest BCUT2D eigenvalue weighted by Crippen LogP contribution is 2.29. The first-order valence-electron chi connectivity index (χ1n) is 3.08. The average molecular weight is 280 g/mol. The molecule has 0 spiro atoms. The van der Waals surface area contributed by atoms with Crippen LogP contribution < -0.4 is 11.5 Å². The van der Waals surface area contributed by atoms with E-state index in [-0.39, 0.29) is 0 Å². The molecule has 0 atom stereocenters. The van der Waals surface area contributed by atoms with Gasteiger partial charge in [-0.15, -0.1) is 0 Å². The molecule has 0 aliphatic heterocycles. The van der Waals surface area contributed by atoms with Gasteiger partial charge in [0.05, 0.1) is 5.69 Å². The molecule has 1 aromatic carbocycles. The molecule has 60 valence electrons. The minimum absolute atomic E-state index is 0.525. The van der Waals surface area contributed by atoms with E-state index in [1.807, 2.05) is 12.1 Å². The highest BCUT2D eigenvalue weighted by Gasteiger charge is 2.01. The topological polar surface area (TPSA) is 52.0 Å². The van der Waals surface area contributed by atoms with Gasteiger partial charge in [0.1, 0.15) is 0 Å². The monoisotopic (exact) mass is 278 g/mol. The van der Waals surface area contributed by atoms with Gasteiger partial charge in [0.25, 0.3) is 0 Å². The van der Waals surface area contributed by atoms with Gasteiger partial charge in [-0.3, -0.25) is 0 Å². The second kappa shape index (κ2) is 3.56. The van der Waals surface area contributed by atoms with Crippen molar-refractivity contribution >= 4 is 37.5 Å². The van der Waals surface area contributed by atoms with Crippen molar-refractivity contribution < 1.29 is 0 Å². The van der Waals surface area contributed by atoms with Crippen LogP contribution in [0, 0.1) is 0 Å². The van der Waals surface area contributed by atoms with E-state index < -0.39 is 0 Å². The molecule has 0 bridgehead atoms. The van der Waals surface area contributed by atoms with E-state index in [1.165, 1.54) is 0 Å². The van der Waals surface area contributed by atoms with Crippen molar-refractivity contribution in [2.45, 2.75) is 6.54 Å². The molecule has 0 saturated carbocycles. The molecular weight excluding hydrogens is 272 g/mol. The zero-order chi connectivity index (χ0) is 8.43. The Balaban J connectivity index is 3.21. The fraction of sp³-hybridized carbons (Fsp3) is 0.143. The predicted octanol–water partition coefficient (Wildman–Crippen LogP) is 2.25. The van der Waals surface area contributed by atoms with E-state index in [2.05, 4.69) is 31.9 Å². The Morgan fingerprint density at radius 2 is 1.64 bits per heavy atom. The van der Waals surface area contributed by atoms with E-state index in [1.54, 1.807) is 0 Å². The number of hydrogen-bond acceptors (Lipinski definition) is 2. The van der Waals surface area contributed by atoms with Gasteiger partial charge in [-0.05, 0) is 49.6 Å². The second-order valence-electron chi connectivity index (χ2n) is 2.18. The van der Waals surface area contributed by atoms with Crippen LogP contribution in [-0.2, 0) is 6.54 Å². The molecule has 0 amide bonds. The van der Waals surface area contributed by atoms with E-state index in [0.29, 0.717) is 12.2 Å². The minimum Gasteiger partial charge on any atom is -0.397 e. The van der Waals surface area contributed by atoms with Crippen molar-refractivity contribution in [3.8, 4) is 0 Å². The van der Waals surface area contributed by atoms with Crippen LogP contribution in [0.25, 0.3) is 0 Å². The average Bonchev–Trinajstić information content (AvgIpc) is 1.99. The molecule has 2 nitrogen and oxygen atoms in total. The van der Waals surface area contributed by atoms with E-state index in [0.717, 1.165) is 14.5 Å². The van der Waals surface area contributed by atoms with Crippen molar-refractivity contribution in [1.29, 1.82) is 0 Å². The molecular formula is C7H8Br2N2. The molecule has 0 heterocycles. The number of nitrogen functional groups attached to an aromatic ring is 1. The van der Waals surface area contributed by atoms with Crippen LogP contribution in [-0.4, -0.2) is 0 Å². The Bertz CT molecular complexity index is 250. The summed E-state index contributed by atoms with van der Waals surface area (Å²) in [6.45, 7) is 0.525. The first-order valence-corrected chi connectivity index (χ1v) is 4.67. The Kier molecular flexibility index (Phi) is 2.92. The van der Waals surface area contributed by atoms with Gasteiger partial charge in [0.2, 0.25) is 0 Å². The maximum Gasteiger partial charge on any atom is 0.0603 e. The molecule has 4 heteroatoms. The first kappa shape index (κ1) is 9.03. The van der Waals surface area contributed by atoms with Crippen molar-refractivity contribution in [2.75, 3.05) is 5.73 Å². The van der Waals surface area contributed by atoms with Crippen LogP contribution in [0.3, 0.4) is 0 Å².